The molecule has 2 atom stereocenters. The van der Waals surface area contributed by atoms with Crippen LogP contribution in [0, 0.1) is 24.6 Å². The highest BCUT2D eigenvalue weighted by atomic mass is 19.1. The Kier molecular flexibility index (Phi) is 4.44. The van der Waals surface area contributed by atoms with Gasteiger partial charge in [0.2, 0.25) is 0 Å². The highest BCUT2D eigenvalue weighted by Crippen LogP contribution is 2.25. The molecule has 1 saturated heterocycles. The number of carbonyl (C=O) groups excluding carboxylic acids is 1. The van der Waals surface area contributed by atoms with Crippen molar-refractivity contribution < 1.29 is 29.0 Å². The third kappa shape index (κ3) is 3.08. The van der Waals surface area contributed by atoms with Crippen molar-refractivity contribution in [2.75, 3.05) is 13.1 Å². The van der Waals surface area contributed by atoms with Crippen molar-refractivity contribution in [3.8, 4) is 0 Å². The van der Waals surface area contributed by atoms with Crippen LogP contribution in [0.3, 0.4) is 0 Å². The average molecular weight is 309 g/mol. The Labute approximate surface area is 126 Å². The van der Waals surface area contributed by atoms with Gasteiger partial charge in [0.25, 0.3) is 5.91 Å². The molecular weight excluding hydrogens is 293 g/mol. The molecule has 2 unspecified atom stereocenters. The number of likely N-dealkylation sites (tertiary alicyclic amines) is 1. The van der Waals surface area contributed by atoms with Crippen molar-refractivity contribution in [1.82, 2.24) is 4.90 Å². The van der Waals surface area contributed by atoms with Gasteiger partial charge < -0.3 is 15.1 Å². The molecule has 7 heteroatoms. The van der Waals surface area contributed by atoms with E-state index in [0.29, 0.717) is 5.56 Å². The number of hydrogen-bond acceptors (Lipinski definition) is 3. The van der Waals surface area contributed by atoms with Crippen LogP contribution >= 0.6 is 0 Å². The molecule has 1 heterocycles. The molecule has 1 aliphatic heterocycles. The van der Waals surface area contributed by atoms with Crippen LogP contribution in [-0.4, -0.2) is 46.0 Å². The minimum atomic E-state index is -1.25. The summed E-state index contributed by atoms with van der Waals surface area (Å²) in [6.45, 7) is 1.51. The first-order valence-electron chi connectivity index (χ1n) is 6.82. The predicted octanol–water partition coefficient (Wildman–Crippen LogP) is 1.38. The number of carboxylic acid groups (broad SMARTS) is 2. The lowest BCUT2D eigenvalue weighted by molar-refractivity contribution is -0.156. The second-order valence-electron chi connectivity index (χ2n) is 5.39. The Hall–Kier alpha value is -2.44. The van der Waals surface area contributed by atoms with E-state index in [4.69, 9.17) is 10.2 Å². The van der Waals surface area contributed by atoms with Gasteiger partial charge in [-0.05, 0) is 31.0 Å². The third-order valence-corrected chi connectivity index (χ3v) is 3.95. The summed E-state index contributed by atoms with van der Waals surface area (Å²) >= 11 is 0. The minimum absolute atomic E-state index is 0.0619. The van der Waals surface area contributed by atoms with Gasteiger partial charge in [-0.15, -0.1) is 0 Å². The average Bonchev–Trinajstić information content (AvgIpc) is 2.48. The van der Waals surface area contributed by atoms with Crippen LogP contribution in [0.2, 0.25) is 0 Å². The maximum absolute atomic E-state index is 13.5. The Morgan fingerprint density at radius 3 is 2.36 bits per heavy atom. The highest BCUT2D eigenvalue weighted by molar-refractivity contribution is 5.95. The fourth-order valence-corrected chi connectivity index (χ4v) is 2.59. The number of hydrogen-bond donors (Lipinski definition) is 2. The molecule has 2 N–H and O–H groups in total. The van der Waals surface area contributed by atoms with Crippen molar-refractivity contribution >= 4 is 17.8 Å². The summed E-state index contributed by atoms with van der Waals surface area (Å²) in [6, 6.07) is 4.05. The number of halogens is 1. The zero-order valence-corrected chi connectivity index (χ0v) is 12.0. The van der Waals surface area contributed by atoms with Crippen LogP contribution < -0.4 is 0 Å². The smallest absolute Gasteiger partial charge is 0.309 e. The Balaban J connectivity index is 2.19. The van der Waals surface area contributed by atoms with Crippen LogP contribution in [-0.2, 0) is 9.59 Å². The predicted molar refractivity (Wildman–Crippen MR) is 73.9 cm³/mol. The lowest BCUT2D eigenvalue weighted by atomic mass is 9.85. The van der Waals surface area contributed by atoms with E-state index < -0.39 is 35.5 Å². The lowest BCUT2D eigenvalue weighted by Gasteiger charge is -2.34. The van der Waals surface area contributed by atoms with Gasteiger partial charge in [0, 0.05) is 18.7 Å². The molecule has 0 aliphatic carbocycles. The zero-order valence-electron chi connectivity index (χ0n) is 12.0. The molecule has 0 bridgehead atoms. The molecule has 0 aromatic heterocycles. The summed E-state index contributed by atoms with van der Waals surface area (Å²) in [5.74, 6) is -5.61. The maximum Gasteiger partial charge on any atom is 0.309 e. The highest BCUT2D eigenvalue weighted by Gasteiger charge is 2.40. The van der Waals surface area contributed by atoms with E-state index in [-0.39, 0.29) is 25.1 Å². The van der Waals surface area contributed by atoms with E-state index in [2.05, 4.69) is 0 Å². The first-order chi connectivity index (χ1) is 10.3. The van der Waals surface area contributed by atoms with Crippen LogP contribution in [0.25, 0.3) is 0 Å². The van der Waals surface area contributed by atoms with Gasteiger partial charge in [-0.1, -0.05) is 6.07 Å². The third-order valence-electron chi connectivity index (χ3n) is 3.95. The van der Waals surface area contributed by atoms with Crippen molar-refractivity contribution in [3.63, 3.8) is 0 Å². The molecule has 22 heavy (non-hydrogen) atoms. The minimum Gasteiger partial charge on any atom is -0.481 e. The van der Waals surface area contributed by atoms with Crippen LogP contribution in [0.4, 0.5) is 4.39 Å². The van der Waals surface area contributed by atoms with Crippen molar-refractivity contribution in [3.05, 3.63) is 35.1 Å². The Morgan fingerprint density at radius 2 is 1.82 bits per heavy atom. The fraction of sp³-hybridized carbons (Fsp3) is 0.400. The summed E-state index contributed by atoms with van der Waals surface area (Å²) in [5, 5.41) is 18.2. The largest absolute Gasteiger partial charge is 0.481 e. The van der Waals surface area contributed by atoms with Crippen molar-refractivity contribution in [2.45, 2.75) is 13.3 Å². The normalized spacial score (nSPS) is 21.5. The second-order valence-corrected chi connectivity index (χ2v) is 5.39. The number of aryl methyl sites for hydroxylation is 1. The summed E-state index contributed by atoms with van der Waals surface area (Å²) in [4.78, 5) is 35.9. The molecule has 0 radical (unpaired) electrons. The molecule has 1 fully saturated rings. The molecule has 6 nitrogen and oxygen atoms in total. The lowest BCUT2D eigenvalue weighted by Crippen LogP contribution is -2.48. The SMILES string of the molecule is Cc1ccc(C(=O)N2CCC(C(=O)O)C(C(=O)O)C2)cc1F. The first kappa shape index (κ1) is 15.9. The van der Waals surface area contributed by atoms with Crippen molar-refractivity contribution in [1.29, 1.82) is 0 Å². The van der Waals surface area contributed by atoms with Gasteiger partial charge in [-0.3, -0.25) is 14.4 Å². The van der Waals surface area contributed by atoms with Gasteiger partial charge in [0.05, 0.1) is 11.8 Å². The number of rotatable bonds is 3. The molecule has 2 rings (SSSR count). The Morgan fingerprint density at radius 1 is 1.18 bits per heavy atom. The molecule has 0 saturated carbocycles. The molecule has 1 aliphatic rings. The molecule has 118 valence electrons. The summed E-state index contributed by atoms with van der Waals surface area (Å²) in [5.41, 5.74) is 0.533. The molecule has 0 spiro atoms. The van der Waals surface area contributed by atoms with Gasteiger partial charge in [0.1, 0.15) is 5.82 Å². The van der Waals surface area contributed by atoms with E-state index in [1.54, 1.807) is 6.92 Å². The van der Waals surface area contributed by atoms with Crippen molar-refractivity contribution in [2.24, 2.45) is 11.8 Å². The zero-order chi connectivity index (χ0) is 16.4. The standard InChI is InChI=1S/C15H16FNO5/c1-8-2-3-9(6-12(8)16)13(18)17-5-4-10(14(19)20)11(7-17)15(21)22/h2-3,6,10-11H,4-5,7H2,1H3,(H,19,20)(H,21,22). The number of piperidine rings is 1. The number of benzene rings is 1. The van der Waals surface area contributed by atoms with E-state index in [9.17, 15) is 18.8 Å². The summed E-state index contributed by atoms with van der Waals surface area (Å²) in [7, 11) is 0. The second kappa shape index (κ2) is 6.13. The van der Waals surface area contributed by atoms with E-state index >= 15 is 0 Å². The summed E-state index contributed by atoms with van der Waals surface area (Å²) in [6.07, 6.45) is 0.0619. The van der Waals surface area contributed by atoms with E-state index in [0.717, 1.165) is 6.07 Å². The van der Waals surface area contributed by atoms with E-state index in [1.165, 1.54) is 17.0 Å². The molecule has 1 aromatic carbocycles. The van der Waals surface area contributed by atoms with Gasteiger partial charge in [0.15, 0.2) is 0 Å². The van der Waals surface area contributed by atoms with Crippen LogP contribution in [0.1, 0.15) is 22.3 Å². The molecule has 1 aromatic rings. The number of nitrogens with zero attached hydrogens (tertiary/aromatic N) is 1. The Bertz CT molecular complexity index is 630. The first-order valence-corrected chi connectivity index (χ1v) is 6.82. The van der Waals surface area contributed by atoms with Gasteiger partial charge >= 0.3 is 11.9 Å². The maximum atomic E-state index is 13.5. The molecular formula is C15H16FNO5. The quantitative estimate of drug-likeness (QED) is 0.879. The van der Waals surface area contributed by atoms with Crippen LogP contribution in [0.15, 0.2) is 18.2 Å². The summed E-state index contributed by atoms with van der Waals surface area (Å²) < 4.78 is 13.5. The van der Waals surface area contributed by atoms with Gasteiger partial charge in [-0.25, -0.2) is 4.39 Å². The van der Waals surface area contributed by atoms with Crippen LogP contribution in [0.5, 0.6) is 0 Å². The molecule has 1 amide bonds. The van der Waals surface area contributed by atoms with Gasteiger partial charge in [-0.2, -0.15) is 0 Å². The van der Waals surface area contributed by atoms with E-state index in [1.807, 2.05) is 0 Å². The number of carboxylic acids is 2. The number of amides is 1. The monoisotopic (exact) mass is 309 g/mol. The fourth-order valence-electron chi connectivity index (χ4n) is 2.59. The number of carbonyl (C=O) groups is 3. The topological polar surface area (TPSA) is 94.9 Å². The number of aliphatic carboxylic acids is 2.